The van der Waals surface area contributed by atoms with Crippen LogP contribution < -0.4 is 10.6 Å². The maximum atomic E-state index is 13.2. The lowest BCUT2D eigenvalue weighted by Gasteiger charge is -2.09. The van der Waals surface area contributed by atoms with E-state index in [0.29, 0.717) is 54.1 Å². The lowest BCUT2D eigenvalue weighted by molar-refractivity contribution is 0.0955. The first kappa shape index (κ1) is 18.9. The van der Waals surface area contributed by atoms with Crippen molar-refractivity contribution < 1.29 is 18.4 Å². The predicted octanol–water partition coefficient (Wildman–Crippen LogP) is 2.30. The van der Waals surface area contributed by atoms with Gasteiger partial charge in [0.05, 0.1) is 28.9 Å². The Kier molecular flexibility index (Phi) is 6.10. The van der Waals surface area contributed by atoms with Crippen molar-refractivity contribution in [2.45, 2.75) is 6.92 Å². The molecule has 0 fully saturated rings. The van der Waals surface area contributed by atoms with Crippen molar-refractivity contribution in [2.24, 2.45) is 0 Å². The highest BCUT2D eigenvalue weighted by molar-refractivity contribution is 6.06. The van der Waals surface area contributed by atoms with Crippen molar-refractivity contribution in [1.82, 2.24) is 20.8 Å². The Bertz CT molecular complexity index is 925. The van der Waals surface area contributed by atoms with Crippen LogP contribution in [0, 0.1) is 12.7 Å². The number of aromatic nitrogens is 2. The summed E-state index contributed by atoms with van der Waals surface area (Å²) >= 11 is 0. The second kappa shape index (κ2) is 8.70. The molecule has 0 bridgehead atoms. The van der Waals surface area contributed by atoms with Gasteiger partial charge in [-0.05, 0) is 37.3 Å². The summed E-state index contributed by atoms with van der Waals surface area (Å²) in [4.78, 5) is 17.1. The molecular weight excluding hydrogens is 351 g/mol. The summed E-state index contributed by atoms with van der Waals surface area (Å²) in [6, 6.07) is 7.58. The van der Waals surface area contributed by atoms with Crippen LogP contribution in [0.15, 0.2) is 34.9 Å². The molecule has 2 N–H and O–H groups in total. The zero-order valence-electron chi connectivity index (χ0n) is 15.2. The molecule has 3 rings (SSSR count). The van der Waals surface area contributed by atoms with E-state index in [0.717, 1.165) is 0 Å². The maximum Gasteiger partial charge on any atom is 0.259 e. The quantitative estimate of drug-likeness (QED) is 0.590. The first-order valence-corrected chi connectivity index (χ1v) is 8.61. The minimum absolute atomic E-state index is 0.245. The summed E-state index contributed by atoms with van der Waals surface area (Å²) < 4.78 is 23.4. The van der Waals surface area contributed by atoms with Gasteiger partial charge < -0.3 is 19.9 Å². The third-order valence-electron chi connectivity index (χ3n) is 4.07. The van der Waals surface area contributed by atoms with Gasteiger partial charge in [0.15, 0.2) is 0 Å². The Morgan fingerprint density at radius 3 is 2.74 bits per heavy atom. The van der Waals surface area contributed by atoms with Crippen molar-refractivity contribution >= 4 is 17.0 Å². The van der Waals surface area contributed by atoms with Crippen LogP contribution in [-0.2, 0) is 4.74 Å². The smallest absolute Gasteiger partial charge is 0.259 e. The van der Waals surface area contributed by atoms with Gasteiger partial charge in [-0.25, -0.2) is 9.37 Å². The average Bonchev–Trinajstić information content (AvgIpc) is 3.05. The number of hydrogen-bond donors (Lipinski definition) is 2. The standard InChI is InChI=1S/C19H21FN4O3/c1-12-17-15(18(25)22-8-7-21-9-10-26-2)11-16(23-19(17)27-24-12)13-3-5-14(20)6-4-13/h3-6,11,21H,7-10H2,1-2H3,(H,22,25). The van der Waals surface area contributed by atoms with E-state index in [1.54, 1.807) is 32.2 Å². The number of amides is 1. The lowest BCUT2D eigenvalue weighted by Crippen LogP contribution is -2.33. The van der Waals surface area contributed by atoms with E-state index in [1.807, 2.05) is 0 Å². The molecule has 0 aliphatic heterocycles. The van der Waals surface area contributed by atoms with E-state index in [9.17, 15) is 9.18 Å². The van der Waals surface area contributed by atoms with Crippen molar-refractivity contribution in [2.75, 3.05) is 33.4 Å². The van der Waals surface area contributed by atoms with E-state index < -0.39 is 0 Å². The number of ether oxygens (including phenoxy) is 1. The zero-order chi connectivity index (χ0) is 19.2. The highest BCUT2D eigenvalue weighted by Crippen LogP contribution is 2.27. The van der Waals surface area contributed by atoms with Crippen LogP contribution in [0.2, 0.25) is 0 Å². The predicted molar refractivity (Wildman–Crippen MR) is 99.0 cm³/mol. The molecule has 0 radical (unpaired) electrons. The Hall–Kier alpha value is -2.84. The van der Waals surface area contributed by atoms with Crippen molar-refractivity contribution in [3.63, 3.8) is 0 Å². The molecule has 0 aliphatic carbocycles. The molecule has 2 heterocycles. The Morgan fingerprint density at radius 2 is 2.00 bits per heavy atom. The highest BCUT2D eigenvalue weighted by Gasteiger charge is 2.19. The molecule has 0 atom stereocenters. The minimum atomic E-state index is -0.339. The summed E-state index contributed by atoms with van der Waals surface area (Å²) in [5, 5.41) is 10.5. The summed E-state index contributed by atoms with van der Waals surface area (Å²) in [6.07, 6.45) is 0. The number of aryl methyl sites for hydroxylation is 1. The SMILES string of the molecule is COCCNCCNC(=O)c1cc(-c2ccc(F)cc2)nc2onc(C)c12. The molecule has 0 saturated carbocycles. The number of halogens is 1. The molecular formula is C19H21FN4O3. The molecule has 1 aromatic carbocycles. The van der Waals surface area contributed by atoms with Gasteiger partial charge in [-0.15, -0.1) is 0 Å². The third-order valence-corrected chi connectivity index (χ3v) is 4.07. The van der Waals surface area contributed by atoms with E-state index in [2.05, 4.69) is 20.8 Å². The van der Waals surface area contributed by atoms with Gasteiger partial charge in [0.1, 0.15) is 5.82 Å². The zero-order valence-corrected chi connectivity index (χ0v) is 15.2. The second-order valence-corrected chi connectivity index (χ2v) is 6.01. The average molecular weight is 372 g/mol. The summed E-state index contributed by atoms with van der Waals surface area (Å²) in [5.41, 5.74) is 2.49. The first-order valence-electron chi connectivity index (χ1n) is 8.61. The van der Waals surface area contributed by atoms with Gasteiger partial charge in [-0.1, -0.05) is 5.16 Å². The number of carbonyl (C=O) groups excluding carboxylic acids is 1. The van der Waals surface area contributed by atoms with E-state index in [4.69, 9.17) is 9.26 Å². The van der Waals surface area contributed by atoms with Crippen molar-refractivity contribution in [3.05, 3.63) is 47.4 Å². The number of benzene rings is 1. The topological polar surface area (TPSA) is 89.3 Å². The molecule has 1 amide bonds. The number of rotatable bonds is 8. The van der Waals surface area contributed by atoms with Gasteiger partial charge in [-0.2, -0.15) is 0 Å². The maximum absolute atomic E-state index is 13.2. The normalized spacial score (nSPS) is 11.1. The number of nitrogens with one attached hydrogen (secondary N) is 2. The van der Waals surface area contributed by atoms with Gasteiger partial charge in [-0.3, -0.25) is 4.79 Å². The molecule has 142 valence electrons. The Morgan fingerprint density at radius 1 is 1.22 bits per heavy atom. The van der Waals surface area contributed by atoms with Crippen LogP contribution in [0.1, 0.15) is 16.1 Å². The molecule has 2 aromatic heterocycles. The minimum Gasteiger partial charge on any atom is -0.383 e. The second-order valence-electron chi connectivity index (χ2n) is 6.01. The summed E-state index contributed by atoms with van der Waals surface area (Å²) in [5.74, 6) is -0.583. The monoisotopic (exact) mass is 372 g/mol. The van der Waals surface area contributed by atoms with Crippen molar-refractivity contribution in [1.29, 1.82) is 0 Å². The molecule has 7 nitrogen and oxygen atoms in total. The van der Waals surface area contributed by atoms with Gasteiger partial charge >= 0.3 is 0 Å². The van der Waals surface area contributed by atoms with Gasteiger partial charge in [0, 0.05) is 32.3 Å². The van der Waals surface area contributed by atoms with Crippen LogP contribution in [0.25, 0.3) is 22.4 Å². The lowest BCUT2D eigenvalue weighted by atomic mass is 10.1. The van der Waals surface area contributed by atoms with E-state index in [-0.39, 0.29) is 17.4 Å². The molecule has 0 unspecified atom stereocenters. The first-order chi connectivity index (χ1) is 13.1. The van der Waals surface area contributed by atoms with Crippen LogP contribution >= 0.6 is 0 Å². The van der Waals surface area contributed by atoms with Crippen LogP contribution in [-0.4, -0.2) is 49.4 Å². The fourth-order valence-electron chi connectivity index (χ4n) is 2.70. The fraction of sp³-hybridized carbons (Fsp3) is 0.316. The largest absolute Gasteiger partial charge is 0.383 e. The number of pyridine rings is 1. The Labute approximate surface area is 155 Å². The van der Waals surface area contributed by atoms with Crippen molar-refractivity contribution in [3.8, 4) is 11.3 Å². The van der Waals surface area contributed by atoms with Gasteiger partial charge in [0.2, 0.25) is 0 Å². The number of methoxy groups -OCH3 is 1. The summed E-state index contributed by atoms with van der Waals surface area (Å²) in [6.45, 7) is 4.17. The van der Waals surface area contributed by atoms with Crippen LogP contribution in [0.5, 0.6) is 0 Å². The fourth-order valence-corrected chi connectivity index (χ4v) is 2.70. The van der Waals surface area contributed by atoms with E-state index in [1.165, 1.54) is 12.1 Å². The number of fused-ring (bicyclic) bond motifs is 1. The van der Waals surface area contributed by atoms with Gasteiger partial charge in [0.25, 0.3) is 11.6 Å². The number of carbonyl (C=O) groups is 1. The molecule has 3 aromatic rings. The molecule has 0 spiro atoms. The molecule has 8 heteroatoms. The van der Waals surface area contributed by atoms with Crippen LogP contribution in [0.3, 0.4) is 0 Å². The highest BCUT2D eigenvalue weighted by atomic mass is 19.1. The third kappa shape index (κ3) is 4.47. The van der Waals surface area contributed by atoms with Crippen LogP contribution in [0.4, 0.5) is 4.39 Å². The summed E-state index contributed by atoms with van der Waals surface area (Å²) in [7, 11) is 1.64. The Balaban J connectivity index is 1.83. The molecule has 27 heavy (non-hydrogen) atoms. The molecule has 0 aliphatic rings. The van der Waals surface area contributed by atoms with E-state index >= 15 is 0 Å². The molecule has 0 saturated heterocycles. The number of hydrogen-bond acceptors (Lipinski definition) is 6. The number of nitrogens with zero attached hydrogens (tertiary/aromatic N) is 2.